The molecule has 6 heteroatoms. The number of para-hydroxylation sites is 4. The quantitative estimate of drug-likeness (QED) is 0.0892. The number of nitrogens with zero attached hydrogens (tertiary/aromatic N) is 2. The van der Waals surface area contributed by atoms with Crippen LogP contribution in [0.2, 0.25) is 0 Å². The molecule has 13 aromatic carbocycles. The smallest absolute Gasteiger partial charge is 0.652 e. The van der Waals surface area contributed by atoms with Gasteiger partial charge in [0.05, 0.1) is 29.9 Å². The third-order valence-electron chi connectivity index (χ3n) is 18.8. The van der Waals surface area contributed by atoms with Gasteiger partial charge in [0.25, 0.3) is 0 Å². The van der Waals surface area contributed by atoms with Gasteiger partial charge in [0.2, 0.25) is 0 Å². The average Bonchev–Trinajstić information content (AvgIpc) is 0.978. The zero-order chi connectivity index (χ0) is 67.1. The topological polar surface area (TPSA) is 9.86 Å². The molecule has 0 aliphatic rings. The summed E-state index contributed by atoms with van der Waals surface area (Å²) in [6.07, 6.45) is 0. The third kappa shape index (κ3) is 13.5. The first-order valence-electron chi connectivity index (χ1n) is 33.5. The Labute approximate surface area is 619 Å². The van der Waals surface area contributed by atoms with Gasteiger partial charge >= 0.3 is 58.2 Å². The Morgan fingerprint density at radius 1 is 0.305 bits per heavy atom. The van der Waals surface area contributed by atoms with Crippen molar-refractivity contribution in [2.24, 2.45) is 0 Å². The molecule has 0 saturated carbocycles. The summed E-state index contributed by atoms with van der Waals surface area (Å²) in [5.74, 6) is 0. The molecule has 0 amide bonds. The second-order valence-corrected chi connectivity index (χ2v) is 29.7. The molecule has 0 saturated heterocycles. The summed E-state index contributed by atoms with van der Waals surface area (Å²) in [7, 11) is 10.9. The van der Waals surface area contributed by atoms with Crippen molar-refractivity contribution in [3.8, 4) is 55.9 Å². The van der Waals surface area contributed by atoms with Crippen LogP contribution in [0.1, 0.15) is 105 Å². The first-order valence-corrected chi connectivity index (χ1v) is 33.8. The molecule has 0 bridgehead atoms. The van der Waals surface area contributed by atoms with Crippen LogP contribution in [-0.2, 0) is 21.7 Å². The van der Waals surface area contributed by atoms with Crippen molar-refractivity contribution in [2.75, 3.05) is 6.06 Å². The number of fused-ring (bicyclic) bond motifs is 9. The molecule has 15 aromatic rings. The van der Waals surface area contributed by atoms with Crippen molar-refractivity contribution in [1.29, 1.82) is 1.34 Å². The van der Waals surface area contributed by atoms with Crippen LogP contribution in [0.5, 0.6) is 0 Å². The van der Waals surface area contributed by atoms with Crippen LogP contribution in [0.15, 0.2) is 267 Å². The predicted octanol–water partition coefficient (Wildman–Crippen LogP) is 21.2. The molecule has 2 nitrogen and oxygen atoms in total. The van der Waals surface area contributed by atoms with E-state index in [0.29, 0.717) is 6.06 Å². The van der Waals surface area contributed by atoms with E-state index in [2.05, 4.69) is 377 Å². The van der Waals surface area contributed by atoms with Crippen LogP contribution in [0.25, 0.3) is 132 Å². The minimum atomic E-state index is 0. The van der Waals surface area contributed by atoms with Crippen LogP contribution in [-0.4, -0.2) is 32.8 Å². The van der Waals surface area contributed by atoms with Gasteiger partial charge in [-0.1, -0.05) is 295 Å². The Balaban J connectivity index is 0.000000188. The monoisotopic (exact) mass is 1320 g/mol. The summed E-state index contributed by atoms with van der Waals surface area (Å²) in [6, 6.07) is 100. The van der Waals surface area contributed by atoms with Gasteiger partial charge in [0.1, 0.15) is 0 Å². The van der Waals surface area contributed by atoms with Crippen molar-refractivity contribution in [3.63, 3.8) is 0 Å². The molecule has 1 unspecified atom stereocenters. The number of rotatable bonds is 6. The number of hydrogen-bond acceptors (Lipinski definition) is 0. The fraction of sp³-hybridized carbons (Fsp3) is 0.191. The molecule has 2 aromatic heterocycles. The van der Waals surface area contributed by atoms with Gasteiger partial charge in [-0.3, -0.25) is 0 Å². The largest absolute Gasteiger partial charge is 1.00 e. The maximum atomic E-state index is 5.25. The number of benzene rings is 13. The SMILES string of the molecule is CC(C)(C)c1ccc(-c2c3ccc(C(C)(C)C)cc3c(-c3ccccc3)c3c(-c4ccc(C(C)(C)C)cc4)c4ccc(C(C)(C)C)cc4cc23)cc1.[3H][B-].[B]CP.[Rb+].c1ccc2c(c1)c1ccccc1n2-c1ccc(-c2ccc(-n3c4ccccc4c4ccccc43)cc2)cc1. The van der Waals surface area contributed by atoms with Crippen LogP contribution in [0.3, 0.4) is 0 Å². The van der Waals surface area contributed by atoms with Gasteiger partial charge in [0, 0.05) is 32.9 Å². The maximum Gasteiger partial charge on any atom is 1.00 e. The van der Waals surface area contributed by atoms with Gasteiger partial charge < -0.3 is 18.8 Å². The molecule has 0 aliphatic carbocycles. The summed E-state index contributed by atoms with van der Waals surface area (Å²) in [5.41, 5.74) is 23.0. The Hall–Kier alpha value is -7.39. The molecule has 1 atom stereocenters. The summed E-state index contributed by atoms with van der Waals surface area (Å²) < 4.78 is 9.97. The number of hydrogen-bond donors (Lipinski definition) is 0. The van der Waals surface area contributed by atoms with E-state index in [1.165, 1.54) is 154 Å². The normalized spacial score (nSPS) is 12.0. The van der Waals surface area contributed by atoms with Gasteiger partial charge in [-0.05, 0) is 181 Å². The van der Waals surface area contributed by atoms with E-state index < -0.39 is 0 Å². The fourth-order valence-electron chi connectivity index (χ4n) is 13.8. The predicted molar refractivity (Wildman–Crippen MR) is 418 cm³/mol. The van der Waals surface area contributed by atoms with Gasteiger partial charge in [-0.2, -0.15) is 0 Å². The maximum absolute atomic E-state index is 5.25. The Morgan fingerprint density at radius 3 is 1.00 bits per heavy atom. The van der Waals surface area contributed by atoms with Gasteiger partial charge in [0.15, 0.2) is 0 Å². The van der Waals surface area contributed by atoms with E-state index in [4.69, 9.17) is 9.18 Å². The summed E-state index contributed by atoms with van der Waals surface area (Å²) >= 11 is 0. The van der Waals surface area contributed by atoms with Crippen molar-refractivity contribution in [1.82, 2.24) is 9.13 Å². The minimum Gasteiger partial charge on any atom is -0.652 e. The second-order valence-electron chi connectivity index (χ2n) is 29.2. The molecule has 15 rings (SSSR count). The van der Waals surface area contributed by atoms with E-state index >= 15 is 0 Å². The van der Waals surface area contributed by atoms with Crippen molar-refractivity contribution in [2.45, 2.75) is 105 Å². The molecule has 0 N–H and O–H groups in total. The van der Waals surface area contributed by atoms with E-state index in [0.717, 1.165) is 0 Å². The standard InChI is InChI=1S/C52H56.C36H24N2.CH4BP.BH.Rb/c1-49(2,3)37-22-18-34(19-23-37)45-42-29-27-40(52(10,11)12)32-43(42)47(33-16-14-13-15-17-33)48-44(45)31-36-30-39(51(7,8)9)26-28-41(36)46(48)35-20-24-38(25-21-35)50(4,5)6;1-5-13-33-29(9-1)30-10-2-6-14-34(30)37(33)27-21-17-25(18-22-27)26-19-23-28(24-20-26)38-35-15-7-3-11-31(35)32-12-4-8-16-36(32)38;2-1-3;;/h13-32H,1-12H3;1-24H;1,3H2;1H;/q;;;-1;+1/i;;;1T;. The molecule has 0 spiro atoms. The summed E-state index contributed by atoms with van der Waals surface area (Å²) in [5, 5.41) is 12.9. The molecule has 0 fully saturated rings. The van der Waals surface area contributed by atoms with Crippen LogP contribution >= 0.6 is 9.24 Å². The fourth-order valence-corrected chi connectivity index (χ4v) is 13.8. The van der Waals surface area contributed by atoms with Gasteiger partial charge in [-0.25, -0.2) is 0 Å². The Kier molecular flexibility index (Phi) is 19.6. The average molecular weight is 1320 g/mol. The van der Waals surface area contributed by atoms with Crippen molar-refractivity contribution < 1.29 is 58.2 Å². The summed E-state index contributed by atoms with van der Waals surface area (Å²) in [6.45, 7) is 27.7. The zero-order valence-electron chi connectivity index (χ0n) is 58.7. The van der Waals surface area contributed by atoms with Gasteiger partial charge in [-0.15, -0.1) is 9.24 Å². The third-order valence-corrected chi connectivity index (χ3v) is 18.8. The molecule has 2 heterocycles. The number of aromatic nitrogens is 2. The van der Waals surface area contributed by atoms with Crippen LogP contribution in [0.4, 0.5) is 0 Å². The van der Waals surface area contributed by atoms with Crippen LogP contribution < -0.4 is 58.2 Å². The molecule has 95 heavy (non-hydrogen) atoms. The second kappa shape index (κ2) is 27.6. The summed E-state index contributed by atoms with van der Waals surface area (Å²) in [4.78, 5) is 0. The molecule has 5 radical (unpaired) electrons. The van der Waals surface area contributed by atoms with Crippen LogP contribution in [0, 0.1) is 0 Å². The first kappa shape index (κ1) is 67.6. The van der Waals surface area contributed by atoms with E-state index in [1.54, 1.807) is 0 Å². The Morgan fingerprint density at radius 2 is 0.611 bits per heavy atom. The molecular weight excluding hydrogens is 1240 g/mol. The molecular formula is C89H85B2N2PRb. The minimum absolute atomic E-state index is 0. The zero-order valence-corrected chi connectivity index (χ0v) is 63.8. The molecule has 0 aliphatic heterocycles. The van der Waals surface area contributed by atoms with E-state index in [9.17, 15) is 0 Å². The molecule has 463 valence electrons. The Bertz CT molecular complexity index is 4990. The first-order chi connectivity index (χ1) is 45.6. The van der Waals surface area contributed by atoms with Crippen molar-refractivity contribution >= 4 is 101 Å². The van der Waals surface area contributed by atoms with E-state index in [1.807, 2.05) is 0 Å². The van der Waals surface area contributed by atoms with Crippen molar-refractivity contribution in [3.05, 3.63) is 289 Å². The van der Waals surface area contributed by atoms with E-state index in [-0.39, 0.29) is 79.8 Å².